The third-order valence-corrected chi connectivity index (χ3v) is 9.75. The van der Waals surface area contributed by atoms with Crippen molar-refractivity contribution in [3.63, 3.8) is 0 Å². The minimum absolute atomic E-state index is 0.0302. The first-order chi connectivity index (χ1) is 17.0. The van der Waals surface area contributed by atoms with Crippen LogP contribution in [-0.4, -0.2) is 63.5 Å². The predicted molar refractivity (Wildman–Crippen MR) is 138 cm³/mol. The van der Waals surface area contributed by atoms with E-state index in [1.54, 1.807) is 16.7 Å². The zero-order valence-corrected chi connectivity index (χ0v) is 21.5. The molecule has 192 valence electrons. The molecule has 0 saturated carbocycles. The van der Waals surface area contributed by atoms with Crippen molar-refractivity contribution >= 4 is 29.5 Å². The normalized spacial score (nSPS) is 28.9. The first kappa shape index (κ1) is 26.0. The minimum Gasteiger partial charge on any atom is -0.396 e. The van der Waals surface area contributed by atoms with Gasteiger partial charge in [0.05, 0.1) is 16.6 Å². The van der Waals surface area contributed by atoms with Crippen molar-refractivity contribution < 1.29 is 19.5 Å². The van der Waals surface area contributed by atoms with Gasteiger partial charge in [-0.25, -0.2) is 0 Å². The fourth-order valence-electron chi connectivity index (χ4n) is 6.13. The summed E-state index contributed by atoms with van der Waals surface area (Å²) in [6, 6.07) is 9.29. The zero-order valence-electron chi connectivity index (χ0n) is 20.7. The van der Waals surface area contributed by atoms with Crippen LogP contribution in [-0.2, 0) is 20.9 Å². The van der Waals surface area contributed by atoms with E-state index in [-0.39, 0.29) is 29.6 Å². The Kier molecular flexibility index (Phi) is 8.76. The molecule has 3 aliphatic heterocycles. The number of likely N-dealkylation sites (tertiary alicyclic amines) is 1. The number of rotatable bonds is 13. The molecule has 7 nitrogen and oxygen atoms in total. The lowest BCUT2D eigenvalue weighted by Gasteiger charge is -2.34. The van der Waals surface area contributed by atoms with Gasteiger partial charge in [-0.15, -0.1) is 11.8 Å². The Morgan fingerprint density at radius 1 is 1.09 bits per heavy atom. The van der Waals surface area contributed by atoms with Gasteiger partial charge in [0.15, 0.2) is 0 Å². The summed E-state index contributed by atoms with van der Waals surface area (Å²) in [5, 5.41) is 15.3. The van der Waals surface area contributed by atoms with Gasteiger partial charge >= 0.3 is 0 Å². The molecule has 0 aliphatic carbocycles. The Balaban J connectivity index is 1.52. The van der Waals surface area contributed by atoms with E-state index in [0.717, 1.165) is 56.9 Å². The summed E-state index contributed by atoms with van der Waals surface area (Å²) in [4.78, 5) is 42.5. The number of benzene rings is 1. The number of unbranched alkanes of at least 4 members (excludes halogenated alkanes) is 4. The molecule has 1 spiro atoms. The molecule has 1 aromatic carbocycles. The van der Waals surface area contributed by atoms with Gasteiger partial charge in [0, 0.05) is 31.5 Å². The van der Waals surface area contributed by atoms with Crippen molar-refractivity contribution in [1.82, 2.24) is 15.5 Å². The molecular formula is C27H39N3O4S. The van der Waals surface area contributed by atoms with Gasteiger partial charge in [-0.05, 0) is 37.7 Å². The number of aliphatic hydroxyl groups is 1. The second-order valence-corrected chi connectivity index (χ2v) is 11.7. The average Bonchev–Trinajstić information content (AvgIpc) is 3.50. The monoisotopic (exact) mass is 501 g/mol. The molecular weight excluding hydrogens is 462 g/mol. The van der Waals surface area contributed by atoms with Crippen molar-refractivity contribution in [1.29, 1.82) is 0 Å². The standard InChI is InChI=1S/C27H39N3O4S/c1-2-3-15-28-25(33)23-27-14-13-20(35-27)21(24(32)29-18-19-11-7-6-8-12-19)22(27)26(34)30(23)16-9-4-5-10-17-31/h6-8,11-12,20-23,31H,2-5,9-10,13-18H2,1H3,(H,28,33)(H,29,32)/t20-,21+,22+,23?,27?/m1/s1. The minimum atomic E-state index is -0.517. The summed E-state index contributed by atoms with van der Waals surface area (Å²) < 4.78 is -0.516. The topological polar surface area (TPSA) is 98.7 Å². The first-order valence-corrected chi connectivity index (χ1v) is 14.1. The third kappa shape index (κ3) is 5.24. The molecule has 3 fully saturated rings. The molecule has 5 atom stereocenters. The summed E-state index contributed by atoms with van der Waals surface area (Å²) in [5.41, 5.74) is 1.03. The molecule has 3 heterocycles. The van der Waals surface area contributed by atoms with Crippen LogP contribution in [0.15, 0.2) is 30.3 Å². The quantitative estimate of drug-likeness (QED) is 0.361. The number of hydrogen-bond donors (Lipinski definition) is 3. The second kappa shape index (κ2) is 11.8. The van der Waals surface area contributed by atoms with Crippen molar-refractivity contribution in [3.8, 4) is 0 Å². The van der Waals surface area contributed by atoms with Crippen LogP contribution < -0.4 is 10.6 Å². The maximum atomic E-state index is 13.8. The lowest BCUT2D eigenvalue weighted by Crippen LogP contribution is -2.54. The molecule has 3 aliphatic rings. The first-order valence-electron chi connectivity index (χ1n) is 13.2. The molecule has 8 heteroatoms. The van der Waals surface area contributed by atoms with Crippen LogP contribution in [0.3, 0.4) is 0 Å². The number of amides is 3. The number of nitrogens with one attached hydrogen (secondary N) is 2. The molecule has 35 heavy (non-hydrogen) atoms. The SMILES string of the molecule is CCCCNC(=O)C1N(CCCCCCO)C(=O)[C@@H]2[C@@H](C(=O)NCc3ccccc3)[C@H]3CCC12S3. The Morgan fingerprint density at radius 2 is 1.86 bits per heavy atom. The third-order valence-electron chi connectivity index (χ3n) is 7.80. The van der Waals surface area contributed by atoms with Crippen LogP contribution in [0, 0.1) is 11.8 Å². The highest BCUT2D eigenvalue weighted by Gasteiger charge is 2.73. The molecule has 2 unspecified atom stereocenters. The summed E-state index contributed by atoms with van der Waals surface area (Å²) in [7, 11) is 0. The van der Waals surface area contributed by atoms with Crippen LogP contribution in [0.4, 0.5) is 0 Å². The predicted octanol–water partition coefficient (Wildman–Crippen LogP) is 2.86. The largest absolute Gasteiger partial charge is 0.396 e. The number of thioether (sulfide) groups is 1. The Bertz CT molecular complexity index is 898. The number of aliphatic hydroxyl groups excluding tert-OH is 1. The van der Waals surface area contributed by atoms with Gasteiger partial charge in [-0.2, -0.15) is 0 Å². The highest BCUT2D eigenvalue weighted by molar-refractivity contribution is 8.02. The molecule has 1 aromatic rings. The maximum Gasteiger partial charge on any atom is 0.244 e. The lowest BCUT2D eigenvalue weighted by molar-refractivity contribution is -0.140. The molecule has 3 saturated heterocycles. The van der Waals surface area contributed by atoms with Gasteiger partial charge in [0.2, 0.25) is 17.7 Å². The number of hydrogen-bond acceptors (Lipinski definition) is 5. The van der Waals surface area contributed by atoms with E-state index < -0.39 is 22.6 Å². The smallest absolute Gasteiger partial charge is 0.244 e. The van der Waals surface area contributed by atoms with Gasteiger partial charge in [-0.1, -0.05) is 56.5 Å². The van der Waals surface area contributed by atoms with Gasteiger partial charge in [-0.3, -0.25) is 14.4 Å². The Morgan fingerprint density at radius 3 is 2.60 bits per heavy atom. The Hall–Kier alpha value is -2.06. The summed E-state index contributed by atoms with van der Waals surface area (Å²) in [6.45, 7) is 3.84. The van der Waals surface area contributed by atoms with Gasteiger partial charge in [0.25, 0.3) is 0 Å². The van der Waals surface area contributed by atoms with E-state index in [0.29, 0.717) is 19.6 Å². The van der Waals surface area contributed by atoms with Crippen LogP contribution in [0.25, 0.3) is 0 Å². The zero-order chi connectivity index (χ0) is 24.8. The van der Waals surface area contributed by atoms with E-state index in [4.69, 9.17) is 5.11 Å². The van der Waals surface area contributed by atoms with Gasteiger partial charge < -0.3 is 20.6 Å². The maximum absolute atomic E-state index is 13.8. The van der Waals surface area contributed by atoms with Crippen LogP contribution >= 0.6 is 11.8 Å². The second-order valence-electron chi connectivity index (χ2n) is 10.1. The summed E-state index contributed by atoms with van der Waals surface area (Å²) in [5.74, 6) is -1.00. The fraction of sp³-hybridized carbons (Fsp3) is 0.667. The van der Waals surface area contributed by atoms with Gasteiger partial charge in [0.1, 0.15) is 6.04 Å². The van der Waals surface area contributed by atoms with E-state index >= 15 is 0 Å². The molecule has 3 amide bonds. The van der Waals surface area contributed by atoms with E-state index in [1.807, 2.05) is 30.3 Å². The van der Waals surface area contributed by atoms with Crippen molar-refractivity contribution in [2.45, 2.75) is 80.9 Å². The van der Waals surface area contributed by atoms with Crippen LogP contribution in [0.1, 0.15) is 63.9 Å². The number of carbonyl (C=O) groups excluding carboxylic acids is 3. The highest BCUT2D eigenvalue weighted by Crippen LogP contribution is 2.66. The number of nitrogens with zero attached hydrogens (tertiary/aromatic N) is 1. The van der Waals surface area contributed by atoms with Crippen molar-refractivity contribution in [3.05, 3.63) is 35.9 Å². The molecule has 0 radical (unpaired) electrons. The van der Waals surface area contributed by atoms with E-state index in [9.17, 15) is 14.4 Å². The summed E-state index contributed by atoms with van der Waals surface area (Å²) in [6.07, 6.45) is 6.92. The number of fused-ring (bicyclic) bond motifs is 1. The number of carbonyl (C=O) groups is 3. The van der Waals surface area contributed by atoms with E-state index in [2.05, 4.69) is 17.6 Å². The Labute approximate surface area is 212 Å². The summed E-state index contributed by atoms with van der Waals surface area (Å²) >= 11 is 1.72. The van der Waals surface area contributed by atoms with Crippen molar-refractivity contribution in [2.24, 2.45) is 11.8 Å². The van der Waals surface area contributed by atoms with Crippen molar-refractivity contribution in [2.75, 3.05) is 19.7 Å². The molecule has 0 aromatic heterocycles. The molecule has 4 rings (SSSR count). The molecule has 3 N–H and O–H groups in total. The molecule has 2 bridgehead atoms. The van der Waals surface area contributed by atoms with Crippen LogP contribution in [0.5, 0.6) is 0 Å². The highest BCUT2D eigenvalue weighted by atomic mass is 32.2. The van der Waals surface area contributed by atoms with E-state index in [1.165, 1.54) is 0 Å². The average molecular weight is 502 g/mol. The lowest BCUT2D eigenvalue weighted by atomic mass is 9.70. The fourth-order valence-corrected chi connectivity index (χ4v) is 8.35. The van der Waals surface area contributed by atoms with Crippen LogP contribution in [0.2, 0.25) is 0 Å².